The Morgan fingerprint density at radius 2 is 1.58 bits per heavy atom. The molecule has 6 nitrogen and oxygen atoms in total. The Morgan fingerprint density at radius 3 is 2.04 bits per heavy atom. The van der Waals surface area contributed by atoms with Crippen LogP contribution in [0.4, 0.5) is 0 Å². The van der Waals surface area contributed by atoms with E-state index in [4.69, 9.17) is 9.47 Å². The van der Waals surface area contributed by atoms with Crippen LogP contribution in [0.25, 0.3) is 0 Å². The van der Waals surface area contributed by atoms with E-state index < -0.39 is 37.4 Å². The van der Waals surface area contributed by atoms with Gasteiger partial charge in [0.2, 0.25) is 0 Å². The molecule has 0 spiro atoms. The van der Waals surface area contributed by atoms with Crippen molar-refractivity contribution in [2.24, 2.45) is 10.8 Å². The molecule has 2 fully saturated rings. The molecule has 0 aliphatic heterocycles. The molecule has 0 radical (unpaired) electrons. The van der Waals surface area contributed by atoms with Gasteiger partial charge in [-0.25, -0.2) is 8.42 Å². The average molecular weight is 378 g/mol. The molecule has 2 aliphatic carbocycles. The van der Waals surface area contributed by atoms with Crippen molar-refractivity contribution < 1.29 is 27.5 Å². The Labute approximate surface area is 153 Å². The van der Waals surface area contributed by atoms with E-state index in [-0.39, 0.29) is 17.7 Å². The SMILES string of the molecule is C=C1CC2(C)CC(C(=O)OC)(C(=O)OC)CC12S(=O)(=O)c1ccccc1. The number of esters is 2. The summed E-state index contributed by atoms with van der Waals surface area (Å²) in [4.78, 5) is 25.3. The summed E-state index contributed by atoms with van der Waals surface area (Å²) in [6, 6.07) is 8.06. The molecular weight excluding hydrogens is 356 g/mol. The molecule has 0 amide bonds. The van der Waals surface area contributed by atoms with Gasteiger partial charge < -0.3 is 9.47 Å². The molecule has 1 aromatic rings. The first kappa shape index (κ1) is 18.6. The second-order valence-corrected chi connectivity index (χ2v) is 9.58. The average Bonchev–Trinajstić information content (AvgIpc) is 2.86. The van der Waals surface area contributed by atoms with Crippen LogP contribution in [-0.4, -0.2) is 39.3 Å². The number of carbonyl (C=O) groups is 2. The molecule has 2 saturated carbocycles. The summed E-state index contributed by atoms with van der Waals surface area (Å²) in [7, 11) is -1.51. The van der Waals surface area contributed by atoms with Gasteiger partial charge in [0.1, 0.15) is 4.75 Å². The molecule has 2 aliphatic rings. The molecular formula is C19H22O6S. The lowest BCUT2D eigenvalue weighted by Gasteiger charge is -2.54. The van der Waals surface area contributed by atoms with Crippen LogP contribution in [0.1, 0.15) is 26.2 Å². The number of benzene rings is 1. The lowest BCUT2D eigenvalue weighted by Crippen LogP contribution is -2.58. The Hall–Kier alpha value is -2.15. The van der Waals surface area contributed by atoms with Gasteiger partial charge in [-0.1, -0.05) is 37.3 Å². The zero-order valence-electron chi connectivity index (χ0n) is 15.1. The van der Waals surface area contributed by atoms with Gasteiger partial charge in [0.25, 0.3) is 0 Å². The zero-order valence-corrected chi connectivity index (χ0v) is 15.9. The Bertz CT molecular complexity index is 872. The van der Waals surface area contributed by atoms with Gasteiger partial charge >= 0.3 is 11.9 Å². The van der Waals surface area contributed by atoms with Crippen molar-refractivity contribution in [3.05, 3.63) is 42.5 Å². The second-order valence-electron chi connectivity index (χ2n) is 7.40. The minimum absolute atomic E-state index is 0.0461. The molecule has 0 aromatic heterocycles. The minimum Gasteiger partial charge on any atom is -0.468 e. The van der Waals surface area contributed by atoms with Gasteiger partial charge in [0.05, 0.1) is 19.1 Å². The third-order valence-electron chi connectivity index (χ3n) is 6.06. The maximum absolute atomic E-state index is 13.6. The van der Waals surface area contributed by atoms with Crippen LogP contribution < -0.4 is 0 Å². The van der Waals surface area contributed by atoms with Crippen LogP contribution in [0.5, 0.6) is 0 Å². The lowest BCUT2D eigenvalue weighted by molar-refractivity contribution is -0.169. The Morgan fingerprint density at radius 1 is 1.04 bits per heavy atom. The van der Waals surface area contributed by atoms with E-state index in [2.05, 4.69) is 6.58 Å². The highest BCUT2D eigenvalue weighted by molar-refractivity contribution is 7.93. The van der Waals surface area contributed by atoms with Crippen molar-refractivity contribution in [2.45, 2.75) is 35.8 Å². The van der Waals surface area contributed by atoms with Gasteiger partial charge in [0.15, 0.2) is 15.3 Å². The quantitative estimate of drug-likeness (QED) is 0.454. The van der Waals surface area contributed by atoms with E-state index in [0.29, 0.717) is 12.0 Å². The first-order valence-corrected chi connectivity index (χ1v) is 9.74. The zero-order chi connectivity index (χ0) is 19.4. The van der Waals surface area contributed by atoms with Crippen molar-refractivity contribution >= 4 is 21.8 Å². The van der Waals surface area contributed by atoms with Gasteiger partial charge in [-0.05, 0) is 36.8 Å². The molecule has 0 N–H and O–H groups in total. The van der Waals surface area contributed by atoms with Crippen LogP contribution in [0.2, 0.25) is 0 Å². The standard InChI is InChI=1S/C19H22O6S/c1-13-10-17(2)11-18(15(20)24-3,16(21)25-4)12-19(13,17)26(22,23)14-8-6-5-7-9-14/h5-9H,1,10-12H2,2-4H3. The van der Waals surface area contributed by atoms with E-state index in [1.165, 1.54) is 26.4 Å². The molecule has 7 heteroatoms. The van der Waals surface area contributed by atoms with Crippen molar-refractivity contribution in [1.82, 2.24) is 0 Å². The van der Waals surface area contributed by atoms with E-state index >= 15 is 0 Å². The topological polar surface area (TPSA) is 86.7 Å². The van der Waals surface area contributed by atoms with Crippen LogP contribution in [-0.2, 0) is 28.9 Å². The number of methoxy groups -OCH3 is 2. The molecule has 3 rings (SSSR count). The molecule has 140 valence electrons. The number of hydrogen-bond acceptors (Lipinski definition) is 6. The fourth-order valence-corrected chi connectivity index (χ4v) is 7.55. The monoisotopic (exact) mass is 378 g/mol. The van der Waals surface area contributed by atoms with E-state index in [1.807, 2.05) is 0 Å². The summed E-state index contributed by atoms with van der Waals surface area (Å²) in [6.45, 7) is 5.75. The van der Waals surface area contributed by atoms with Crippen LogP contribution in [0.3, 0.4) is 0 Å². The first-order valence-electron chi connectivity index (χ1n) is 8.26. The van der Waals surface area contributed by atoms with Crippen molar-refractivity contribution in [2.75, 3.05) is 14.2 Å². The van der Waals surface area contributed by atoms with E-state index in [9.17, 15) is 18.0 Å². The summed E-state index contributed by atoms with van der Waals surface area (Å²) >= 11 is 0. The minimum atomic E-state index is -3.88. The number of fused-ring (bicyclic) bond motifs is 1. The third-order valence-corrected chi connectivity index (χ3v) is 8.79. The fraction of sp³-hybridized carbons (Fsp3) is 0.474. The fourth-order valence-electron chi connectivity index (χ4n) is 4.95. The molecule has 0 saturated heterocycles. The number of ether oxygens (including phenoxy) is 2. The predicted octanol–water partition coefficient (Wildman–Crippen LogP) is 2.29. The normalized spacial score (nSPS) is 29.4. The molecule has 1 aromatic carbocycles. The summed E-state index contributed by atoms with van der Waals surface area (Å²) in [5.74, 6) is -1.54. The van der Waals surface area contributed by atoms with Crippen molar-refractivity contribution in [1.29, 1.82) is 0 Å². The highest BCUT2D eigenvalue weighted by atomic mass is 32.2. The molecule has 0 heterocycles. The summed E-state index contributed by atoms with van der Waals surface area (Å²) < 4.78 is 35.5. The van der Waals surface area contributed by atoms with Gasteiger partial charge in [-0.2, -0.15) is 0 Å². The summed E-state index contributed by atoms with van der Waals surface area (Å²) in [6.07, 6.45) is 0.255. The summed E-state index contributed by atoms with van der Waals surface area (Å²) in [5.41, 5.74) is -1.95. The molecule has 0 bridgehead atoms. The van der Waals surface area contributed by atoms with Crippen molar-refractivity contribution in [3.8, 4) is 0 Å². The van der Waals surface area contributed by atoms with E-state index in [0.717, 1.165) is 0 Å². The number of hydrogen-bond donors (Lipinski definition) is 0. The van der Waals surface area contributed by atoms with Crippen LogP contribution >= 0.6 is 0 Å². The molecule has 2 atom stereocenters. The first-order chi connectivity index (χ1) is 12.1. The molecule has 26 heavy (non-hydrogen) atoms. The highest BCUT2D eigenvalue weighted by Gasteiger charge is 2.78. The second kappa shape index (κ2) is 5.67. The molecule has 2 unspecified atom stereocenters. The lowest BCUT2D eigenvalue weighted by atomic mass is 9.59. The van der Waals surface area contributed by atoms with Gasteiger partial charge in [-0.3, -0.25) is 9.59 Å². The van der Waals surface area contributed by atoms with Crippen molar-refractivity contribution in [3.63, 3.8) is 0 Å². The predicted molar refractivity (Wildman–Crippen MR) is 93.9 cm³/mol. The van der Waals surface area contributed by atoms with Crippen LogP contribution in [0, 0.1) is 10.8 Å². The Balaban J connectivity index is 2.22. The smallest absolute Gasteiger partial charge is 0.323 e. The Kier molecular flexibility index (Phi) is 4.07. The maximum Gasteiger partial charge on any atom is 0.323 e. The third kappa shape index (κ3) is 2.00. The number of rotatable bonds is 4. The highest BCUT2D eigenvalue weighted by Crippen LogP contribution is 2.72. The maximum atomic E-state index is 13.6. The largest absolute Gasteiger partial charge is 0.468 e. The summed E-state index contributed by atoms with van der Waals surface area (Å²) in [5, 5.41) is 0. The van der Waals surface area contributed by atoms with E-state index in [1.54, 1.807) is 25.1 Å². The number of sulfone groups is 1. The van der Waals surface area contributed by atoms with Gasteiger partial charge in [-0.15, -0.1) is 0 Å². The van der Waals surface area contributed by atoms with Gasteiger partial charge in [0, 0.05) is 0 Å². The number of carbonyl (C=O) groups excluding carboxylic acids is 2. The van der Waals surface area contributed by atoms with Crippen LogP contribution in [0.15, 0.2) is 47.4 Å².